The smallest absolute Gasteiger partial charge is 0.478 e. The van der Waals surface area contributed by atoms with E-state index in [9.17, 15) is 48.1 Å². The van der Waals surface area contributed by atoms with E-state index in [0.717, 1.165) is 97.5 Å². The molecule has 0 bridgehead atoms. The molecular formula is C44H51N9O18P3+. The van der Waals surface area contributed by atoms with E-state index in [4.69, 9.17) is 29.7 Å². The molecule has 3 aromatic carbocycles. The van der Waals surface area contributed by atoms with Gasteiger partial charge in [0.15, 0.2) is 23.8 Å². The number of anilines is 2. The normalized spacial score (nSPS) is 20.8. The Morgan fingerprint density at radius 3 is 2.42 bits per heavy atom. The summed E-state index contributed by atoms with van der Waals surface area (Å²) in [5.41, 5.74) is 11.0. The van der Waals surface area contributed by atoms with Crippen LogP contribution in [-0.4, -0.2) is 131 Å². The Bertz CT molecular complexity index is 3370. The Morgan fingerprint density at radius 1 is 0.905 bits per heavy atom. The third-order valence-electron chi connectivity index (χ3n) is 12.8. The number of phosphoric ester groups is 1. The number of nitrogens with two attached hydrogens (primary N) is 1. The van der Waals surface area contributed by atoms with Gasteiger partial charge in [-0.2, -0.15) is 8.62 Å². The highest BCUT2D eigenvalue weighted by atomic mass is 31.3. The number of aliphatic hydroxyl groups is 1. The number of carboxylic acids is 1. The molecule has 1 fully saturated rings. The second kappa shape index (κ2) is 20.9. The summed E-state index contributed by atoms with van der Waals surface area (Å²) in [6.07, 6.45) is -2.08. The molecule has 0 saturated carbocycles. The van der Waals surface area contributed by atoms with Gasteiger partial charge in [-0.05, 0) is 68.5 Å². The summed E-state index contributed by atoms with van der Waals surface area (Å²) in [6, 6.07) is 12.7. The van der Waals surface area contributed by atoms with E-state index >= 15 is 0 Å². The van der Waals surface area contributed by atoms with Gasteiger partial charge >= 0.3 is 35.5 Å². The van der Waals surface area contributed by atoms with Gasteiger partial charge in [-0.25, -0.2) is 42.8 Å². The largest absolute Gasteiger partial charge is 0.490 e. The lowest BCUT2D eigenvalue weighted by atomic mass is 9.86. The van der Waals surface area contributed by atoms with Gasteiger partial charge in [0, 0.05) is 71.8 Å². The van der Waals surface area contributed by atoms with E-state index in [1.54, 1.807) is 6.07 Å². The van der Waals surface area contributed by atoms with E-state index in [-0.39, 0.29) is 41.2 Å². The molecule has 2 unspecified atom stereocenters. The highest BCUT2D eigenvalue weighted by Crippen LogP contribution is 2.66. The highest BCUT2D eigenvalue weighted by Gasteiger charge is 2.50. The number of aryl methyl sites for hydroxylation is 2. The van der Waals surface area contributed by atoms with Crippen LogP contribution in [0.2, 0.25) is 0 Å². The van der Waals surface area contributed by atoms with Gasteiger partial charge in [0.1, 0.15) is 48.6 Å². The zero-order chi connectivity index (χ0) is 52.9. The first-order valence-corrected chi connectivity index (χ1v) is 27.7. The Labute approximate surface area is 419 Å². The van der Waals surface area contributed by atoms with Crippen LogP contribution in [0.25, 0.3) is 16.7 Å². The molecule has 0 radical (unpaired) electrons. The molecule has 4 aliphatic heterocycles. The number of hydrogen-bond acceptors (Lipinski definition) is 18. The van der Waals surface area contributed by atoms with E-state index in [1.165, 1.54) is 16.7 Å². The summed E-state index contributed by atoms with van der Waals surface area (Å²) < 4.78 is 69.0. The van der Waals surface area contributed by atoms with Crippen LogP contribution in [0.1, 0.15) is 75.9 Å². The molecule has 0 aliphatic carbocycles. The number of nitrogen functional groups attached to an aromatic ring is 1. The molecule has 10 N–H and O–H groups in total. The van der Waals surface area contributed by atoms with Crippen LogP contribution in [-0.2, 0) is 49.2 Å². The van der Waals surface area contributed by atoms with Crippen molar-refractivity contribution in [3.63, 3.8) is 0 Å². The summed E-state index contributed by atoms with van der Waals surface area (Å²) >= 11 is 0. The van der Waals surface area contributed by atoms with Gasteiger partial charge in [-0.1, -0.05) is 6.07 Å². The van der Waals surface area contributed by atoms with Crippen molar-refractivity contribution in [2.24, 2.45) is 0 Å². The predicted octanol–water partition coefficient (Wildman–Crippen LogP) is 1.82. The fourth-order valence-corrected chi connectivity index (χ4v) is 12.6. The molecule has 30 heteroatoms. The molecule has 2 aromatic heterocycles. The second-order valence-electron chi connectivity index (χ2n) is 17.4. The number of carbonyl (C=O) groups is 3. The molecule has 27 nitrogen and oxygen atoms in total. The molecule has 9 rings (SSSR count). The van der Waals surface area contributed by atoms with Crippen LogP contribution >= 0.6 is 23.5 Å². The third-order valence-corrected chi connectivity index (χ3v) is 16.6. The number of rotatable bonds is 17. The number of carboxylic acid groups (broad SMARTS) is 1. The number of aromatic carboxylic acids is 1. The number of benzene rings is 3. The van der Waals surface area contributed by atoms with Gasteiger partial charge in [-0.3, -0.25) is 13.9 Å². The third kappa shape index (κ3) is 11.0. The Hall–Kier alpha value is -6.18. The SMILES string of the molecule is CCN1CCCc2cc3c(cc21)Oc1cc2c(cc1=C3c1ccc(C(=O)NCCNC(=O)O[C@@H]3[C@H](O)[C@@H](COP(=O)(O)OP(=O)(O)OP(=O)(O)O)O[C@H]3n3cnc4c(N)ncnc43)cc1C(=O)O)CCC[N+]=2CC. The lowest BCUT2D eigenvalue weighted by Crippen LogP contribution is -2.41. The quantitative estimate of drug-likeness (QED) is 0.0357. The first kappa shape index (κ1) is 52.7. The van der Waals surface area contributed by atoms with E-state index < -0.39 is 72.6 Å². The van der Waals surface area contributed by atoms with E-state index in [2.05, 4.69) is 74.2 Å². The van der Waals surface area contributed by atoms with Crippen LogP contribution < -0.4 is 41.2 Å². The van der Waals surface area contributed by atoms with Crippen molar-refractivity contribution in [3.05, 3.63) is 99.1 Å². The lowest BCUT2D eigenvalue weighted by Gasteiger charge is -2.32. The van der Waals surface area contributed by atoms with Gasteiger partial charge < -0.3 is 65.3 Å². The average molecular weight is 1090 g/mol. The zero-order valence-corrected chi connectivity index (χ0v) is 42.2. The fraction of sp³-hybridized carbons (Fsp3) is 0.386. The molecule has 1 saturated heterocycles. The van der Waals surface area contributed by atoms with Gasteiger partial charge in [0.2, 0.25) is 5.36 Å². The molecule has 5 aromatic rings. The predicted molar refractivity (Wildman–Crippen MR) is 258 cm³/mol. The summed E-state index contributed by atoms with van der Waals surface area (Å²) in [5, 5.41) is 28.9. The lowest BCUT2D eigenvalue weighted by molar-refractivity contribution is -0.0522. The van der Waals surface area contributed by atoms with Gasteiger partial charge in [-0.15, -0.1) is 0 Å². The number of nitrogens with zero attached hydrogens (tertiary/aromatic N) is 6. The van der Waals surface area contributed by atoms with Gasteiger partial charge in [0.05, 0.1) is 24.6 Å². The molecule has 74 heavy (non-hydrogen) atoms. The average Bonchev–Trinajstić information content (AvgIpc) is 3.91. The van der Waals surface area contributed by atoms with Crippen molar-refractivity contribution < 1.29 is 85.2 Å². The molecule has 0 spiro atoms. The number of phosphoric acid groups is 3. The minimum Gasteiger partial charge on any atom is -0.478 e. The first-order chi connectivity index (χ1) is 35.1. The first-order valence-electron chi connectivity index (χ1n) is 23.2. The molecule has 6 heterocycles. The van der Waals surface area contributed by atoms with Crippen LogP contribution in [0.3, 0.4) is 0 Å². The van der Waals surface area contributed by atoms with Crippen LogP contribution in [0.4, 0.5) is 16.3 Å². The number of aromatic nitrogens is 4. The van der Waals surface area contributed by atoms with Crippen molar-refractivity contribution >= 4 is 69.7 Å². The van der Waals surface area contributed by atoms with Crippen molar-refractivity contribution in [2.45, 2.75) is 64.1 Å². The van der Waals surface area contributed by atoms with E-state index in [1.807, 2.05) is 12.1 Å². The van der Waals surface area contributed by atoms with Crippen LogP contribution in [0, 0.1) is 0 Å². The Kier molecular flexibility index (Phi) is 14.8. The summed E-state index contributed by atoms with van der Waals surface area (Å²) in [4.78, 5) is 91.7. The van der Waals surface area contributed by atoms with Crippen LogP contribution in [0.15, 0.2) is 55.1 Å². The number of imidazole rings is 1. The van der Waals surface area contributed by atoms with Crippen molar-refractivity contribution in [3.8, 4) is 11.5 Å². The number of aliphatic hydroxyl groups excluding tert-OH is 1. The standard InChI is InChI=1S/C44H50N9O18P3/c1-3-51-13-5-7-23-15-28-32(18-30(23)51)67-33-19-31-24(8-6-14-52(31)4-2)16-29(33)35(28)26-10-9-25(17-27(26)43(56)57)41(55)46-11-12-47-44(58)69-38-37(54)34(20-66-73(62,63)71-74(64,65)70-72(59,60)61)68-42(38)53-22-50-36-39(45)48-21-49-40(36)53/h9-10,15-19,21-22,34,37-38,42,54H,3-8,11-14,20H2,1-2H3,(H8-,45,46,47,48,49,55,56,57,58,59,60,61,62,63,64,65)/p+1/t34-,37-,38-,42-/m1/s1. The molecule has 394 valence electrons. The number of carbonyl (C=O) groups excluding carboxylic acids is 2. The Balaban J connectivity index is 0.914. The minimum absolute atomic E-state index is 0.0168. The van der Waals surface area contributed by atoms with Crippen molar-refractivity contribution in [1.29, 1.82) is 0 Å². The summed E-state index contributed by atoms with van der Waals surface area (Å²) in [6.45, 7) is 6.05. The fourth-order valence-electron chi connectivity index (χ4n) is 9.57. The van der Waals surface area contributed by atoms with Gasteiger partial charge in [0.25, 0.3) is 5.91 Å². The molecule has 4 aliphatic rings. The second-order valence-corrected chi connectivity index (χ2v) is 21.9. The molecule has 2 amide bonds. The van der Waals surface area contributed by atoms with Crippen LogP contribution in [0.5, 0.6) is 11.5 Å². The number of amides is 2. The Morgan fingerprint density at radius 2 is 1.68 bits per heavy atom. The number of hydrogen-bond donors (Lipinski definition) is 9. The number of alkyl carbamates (subject to hydrolysis) is 1. The maximum atomic E-state index is 13.6. The van der Waals surface area contributed by atoms with E-state index in [0.29, 0.717) is 22.6 Å². The monoisotopic (exact) mass is 1090 g/mol. The number of fused-ring (bicyclic) bond motifs is 5. The van der Waals surface area contributed by atoms with Crippen molar-refractivity contribution in [1.82, 2.24) is 34.7 Å². The topological polar surface area (TPSA) is 379 Å². The van der Waals surface area contributed by atoms with Crippen molar-refractivity contribution in [2.75, 3.05) is 56.5 Å². The highest BCUT2D eigenvalue weighted by molar-refractivity contribution is 7.66. The number of nitrogens with one attached hydrogen (secondary N) is 2. The number of ether oxygens (including phenoxy) is 3. The zero-order valence-electron chi connectivity index (χ0n) is 39.5. The molecule has 6 atom stereocenters. The minimum atomic E-state index is -5.89. The summed E-state index contributed by atoms with van der Waals surface area (Å²) in [7, 11) is -17.3. The maximum absolute atomic E-state index is 13.6. The maximum Gasteiger partial charge on any atom is 0.490 e. The molecular weight excluding hydrogens is 1040 g/mol. The summed E-state index contributed by atoms with van der Waals surface area (Å²) in [5.74, 6) is -0.789.